The summed E-state index contributed by atoms with van der Waals surface area (Å²) in [7, 11) is 0. The van der Waals surface area contributed by atoms with Crippen molar-refractivity contribution in [1.82, 2.24) is 15.5 Å². The zero-order valence-corrected chi connectivity index (χ0v) is 16.0. The first-order valence-electron chi connectivity index (χ1n) is 9.87. The van der Waals surface area contributed by atoms with Gasteiger partial charge in [-0.05, 0) is 24.6 Å². The van der Waals surface area contributed by atoms with Gasteiger partial charge in [-0.3, -0.25) is 0 Å². The number of unbranched alkanes of at least 4 members (excludes halogenated alkanes) is 5. The quantitative estimate of drug-likeness (QED) is 0.560. The van der Waals surface area contributed by atoms with Gasteiger partial charge in [0.05, 0.1) is 18.1 Å². The molecule has 1 fully saturated rings. The zero-order valence-electron chi connectivity index (χ0n) is 16.0. The summed E-state index contributed by atoms with van der Waals surface area (Å²) in [5, 5.41) is 6.92. The number of hydrogen-bond acceptors (Lipinski definition) is 5. The van der Waals surface area contributed by atoms with Crippen molar-refractivity contribution >= 4 is 0 Å². The van der Waals surface area contributed by atoms with E-state index in [4.69, 9.17) is 9.26 Å². The normalized spacial score (nSPS) is 14.9. The molecule has 154 valence electrons. The Kier molecular flexibility index (Phi) is 6.93. The third kappa shape index (κ3) is 5.25. The van der Waals surface area contributed by atoms with Crippen LogP contribution in [0.25, 0.3) is 11.4 Å². The van der Waals surface area contributed by atoms with E-state index in [1.54, 1.807) is 6.07 Å². The molecule has 0 aliphatic carbocycles. The average molecular weight is 397 g/mol. The van der Waals surface area contributed by atoms with Crippen molar-refractivity contribution in [2.24, 2.45) is 0 Å². The summed E-state index contributed by atoms with van der Waals surface area (Å²) in [6, 6.07) is 3.92. The predicted octanol–water partition coefficient (Wildman–Crippen LogP) is 5.18. The van der Waals surface area contributed by atoms with E-state index in [0.717, 1.165) is 51.3 Å². The average Bonchev–Trinajstić information content (AvgIpc) is 3.08. The molecule has 0 bridgehead atoms. The van der Waals surface area contributed by atoms with Crippen LogP contribution in [-0.4, -0.2) is 29.8 Å². The minimum atomic E-state index is -4.52. The molecule has 0 spiro atoms. The van der Waals surface area contributed by atoms with Crippen molar-refractivity contribution in [1.29, 1.82) is 0 Å². The van der Waals surface area contributed by atoms with Gasteiger partial charge in [-0.2, -0.15) is 18.2 Å². The summed E-state index contributed by atoms with van der Waals surface area (Å²) >= 11 is 0. The van der Waals surface area contributed by atoms with Gasteiger partial charge in [0, 0.05) is 18.7 Å². The van der Waals surface area contributed by atoms with Crippen molar-refractivity contribution in [2.75, 3.05) is 19.7 Å². The molecule has 0 radical (unpaired) electrons. The minimum absolute atomic E-state index is 0.128. The first-order valence-corrected chi connectivity index (χ1v) is 9.87. The Morgan fingerprint density at radius 1 is 1.14 bits per heavy atom. The Balaban J connectivity index is 1.65. The molecule has 8 heteroatoms. The number of benzene rings is 1. The molecule has 3 rings (SSSR count). The Hall–Kier alpha value is -2.09. The maximum absolute atomic E-state index is 13.5. The van der Waals surface area contributed by atoms with E-state index in [1.165, 1.54) is 12.5 Å². The van der Waals surface area contributed by atoms with Gasteiger partial charge in [-0.15, -0.1) is 0 Å². The smallest absolute Gasteiger partial charge is 0.419 e. The molecule has 1 aliphatic heterocycles. The Labute approximate surface area is 162 Å². The van der Waals surface area contributed by atoms with E-state index >= 15 is 0 Å². The van der Waals surface area contributed by atoms with Gasteiger partial charge in [-0.1, -0.05) is 44.2 Å². The zero-order chi connectivity index (χ0) is 20.0. The SMILES string of the molecule is CCCCCCCCOc1ccc(-c2noc(C3CNC3)n2)cc1C(F)(F)F. The molecule has 0 amide bonds. The van der Waals surface area contributed by atoms with Gasteiger partial charge >= 0.3 is 6.18 Å². The first kappa shape index (κ1) is 20.6. The molecule has 1 aromatic heterocycles. The molecule has 0 atom stereocenters. The molecule has 1 aromatic carbocycles. The third-order valence-corrected chi connectivity index (χ3v) is 4.87. The molecule has 5 nitrogen and oxygen atoms in total. The summed E-state index contributed by atoms with van der Waals surface area (Å²) < 4.78 is 51.1. The van der Waals surface area contributed by atoms with Gasteiger partial charge < -0.3 is 14.6 Å². The van der Waals surface area contributed by atoms with Crippen molar-refractivity contribution in [3.8, 4) is 17.1 Å². The van der Waals surface area contributed by atoms with Crippen LogP contribution in [-0.2, 0) is 6.18 Å². The monoisotopic (exact) mass is 397 g/mol. The van der Waals surface area contributed by atoms with Crippen LogP contribution in [0.5, 0.6) is 5.75 Å². The van der Waals surface area contributed by atoms with Gasteiger partial charge in [0.2, 0.25) is 11.7 Å². The van der Waals surface area contributed by atoms with Crippen molar-refractivity contribution in [2.45, 2.75) is 57.5 Å². The van der Waals surface area contributed by atoms with Crippen LogP contribution < -0.4 is 10.1 Å². The second kappa shape index (κ2) is 9.41. The lowest BCUT2D eigenvalue weighted by atomic mass is 10.0. The largest absolute Gasteiger partial charge is 0.493 e. The van der Waals surface area contributed by atoms with Crippen LogP contribution in [0.3, 0.4) is 0 Å². The lowest BCUT2D eigenvalue weighted by Crippen LogP contribution is -2.40. The Morgan fingerprint density at radius 2 is 1.89 bits per heavy atom. The Morgan fingerprint density at radius 3 is 2.57 bits per heavy atom. The van der Waals surface area contributed by atoms with Crippen molar-refractivity contribution in [3.63, 3.8) is 0 Å². The number of ether oxygens (including phenoxy) is 1. The number of aromatic nitrogens is 2. The number of halogens is 3. The van der Waals surface area contributed by atoms with E-state index in [9.17, 15) is 13.2 Å². The van der Waals surface area contributed by atoms with Crippen LogP contribution >= 0.6 is 0 Å². The second-order valence-corrected chi connectivity index (χ2v) is 7.14. The van der Waals surface area contributed by atoms with Crippen molar-refractivity contribution in [3.05, 3.63) is 29.7 Å². The highest BCUT2D eigenvalue weighted by Crippen LogP contribution is 2.38. The summed E-state index contributed by atoms with van der Waals surface area (Å²) in [6.07, 6.45) is 1.78. The fraction of sp³-hybridized carbons (Fsp3) is 0.600. The molecular weight excluding hydrogens is 371 g/mol. The van der Waals surface area contributed by atoms with Gasteiger partial charge in [0.1, 0.15) is 5.75 Å². The third-order valence-electron chi connectivity index (χ3n) is 4.87. The standard InChI is InChI=1S/C20H26F3N3O2/c1-2-3-4-5-6-7-10-27-17-9-8-14(11-16(17)20(21,22)23)18-25-19(28-26-18)15-12-24-13-15/h8-9,11,15,24H,2-7,10,12-13H2,1H3. The van der Waals surface area contributed by atoms with Crippen LogP contribution in [0.2, 0.25) is 0 Å². The molecule has 1 aliphatic rings. The molecule has 0 unspecified atom stereocenters. The van der Waals surface area contributed by atoms with Crippen LogP contribution in [0.4, 0.5) is 13.2 Å². The van der Waals surface area contributed by atoms with E-state index in [2.05, 4.69) is 22.4 Å². The van der Waals surface area contributed by atoms with Gasteiger partial charge in [0.15, 0.2) is 0 Å². The molecule has 0 saturated carbocycles. The van der Waals surface area contributed by atoms with E-state index in [-0.39, 0.29) is 29.7 Å². The highest BCUT2D eigenvalue weighted by Gasteiger charge is 2.35. The predicted molar refractivity (Wildman–Crippen MR) is 99.2 cm³/mol. The van der Waals surface area contributed by atoms with E-state index in [1.807, 2.05) is 0 Å². The topological polar surface area (TPSA) is 60.2 Å². The number of alkyl halides is 3. The number of nitrogens with one attached hydrogen (secondary N) is 1. The number of nitrogens with zero attached hydrogens (tertiary/aromatic N) is 2. The minimum Gasteiger partial charge on any atom is -0.493 e. The Bertz CT molecular complexity index is 757. The summed E-state index contributed by atoms with van der Waals surface area (Å²) in [5.41, 5.74) is -0.547. The lowest BCUT2D eigenvalue weighted by molar-refractivity contribution is -0.138. The molecular formula is C20H26F3N3O2. The maximum atomic E-state index is 13.5. The highest BCUT2D eigenvalue weighted by atomic mass is 19.4. The molecule has 28 heavy (non-hydrogen) atoms. The molecule has 2 aromatic rings. The maximum Gasteiger partial charge on any atom is 0.419 e. The molecule has 1 N–H and O–H groups in total. The molecule has 1 saturated heterocycles. The van der Waals surface area contributed by atoms with Gasteiger partial charge in [-0.25, -0.2) is 0 Å². The lowest BCUT2D eigenvalue weighted by Gasteiger charge is -2.22. The second-order valence-electron chi connectivity index (χ2n) is 7.14. The summed E-state index contributed by atoms with van der Waals surface area (Å²) in [4.78, 5) is 4.24. The fourth-order valence-electron chi connectivity index (χ4n) is 3.06. The van der Waals surface area contributed by atoms with Crippen LogP contribution in [0, 0.1) is 0 Å². The van der Waals surface area contributed by atoms with E-state index in [0.29, 0.717) is 5.89 Å². The summed E-state index contributed by atoms with van der Waals surface area (Å²) in [6.45, 7) is 3.89. The molecule has 2 heterocycles. The van der Waals surface area contributed by atoms with E-state index < -0.39 is 11.7 Å². The van der Waals surface area contributed by atoms with Gasteiger partial charge in [0.25, 0.3) is 0 Å². The number of hydrogen-bond donors (Lipinski definition) is 1. The van der Waals surface area contributed by atoms with Crippen LogP contribution in [0.15, 0.2) is 22.7 Å². The summed E-state index contributed by atoms with van der Waals surface area (Å²) in [5.74, 6) is 0.584. The van der Waals surface area contributed by atoms with Crippen LogP contribution in [0.1, 0.15) is 62.8 Å². The first-order chi connectivity index (χ1) is 13.5. The number of rotatable bonds is 10. The van der Waals surface area contributed by atoms with Crippen molar-refractivity contribution < 1.29 is 22.4 Å². The fourth-order valence-corrected chi connectivity index (χ4v) is 3.06. The highest BCUT2D eigenvalue weighted by molar-refractivity contribution is 5.59.